The molecule has 0 amide bonds. The van der Waals surface area contributed by atoms with Crippen LogP contribution in [-0.4, -0.2) is 36.1 Å². The molecule has 0 atom stereocenters. The number of piperidine rings is 1. The standard InChI is InChI=1S/C15H27NO2/c1-7-18-13(17)10-12-8-9-16(14(2,3)4)11-15(12,5)6/h10H,7-9,11H2,1-6H3/b12-10+. The van der Waals surface area contributed by atoms with Crippen molar-refractivity contribution in [1.29, 1.82) is 0 Å². The number of carbonyl (C=O) groups is 1. The van der Waals surface area contributed by atoms with Crippen LogP contribution in [0.15, 0.2) is 11.6 Å². The number of esters is 1. The van der Waals surface area contributed by atoms with E-state index < -0.39 is 0 Å². The van der Waals surface area contributed by atoms with Crippen LogP contribution < -0.4 is 0 Å². The molecule has 1 aliphatic heterocycles. The highest BCUT2D eigenvalue weighted by molar-refractivity contribution is 5.83. The second-order valence-corrected chi connectivity index (χ2v) is 6.65. The third-order valence-corrected chi connectivity index (χ3v) is 3.63. The quantitative estimate of drug-likeness (QED) is 0.559. The van der Waals surface area contributed by atoms with Crippen LogP contribution in [-0.2, 0) is 9.53 Å². The van der Waals surface area contributed by atoms with Crippen molar-refractivity contribution < 1.29 is 9.53 Å². The molecule has 0 saturated carbocycles. The van der Waals surface area contributed by atoms with Gasteiger partial charge in [0.1, 0.15) is 0 Å². The SMILES string of the molecule is CCOC(=O)/C=C1\CCN(C(C)(C)C)CC1(C)C. The molecule has 0 radical (unpaired) electrons. The summed E-state index contributed by atoms with van der Waals surface area (Å²) in [6, 6.07) is 0. The van der Waals surface area contributed by atoms with Crippen molar-refractivity contribution >= 4 is 5.97 Å². The number of carbonyl (C=O) groups excluding carboxylic acids is 1. The molecule has 0 aromatic carbocycles. The minimum Gasteiger partial charge on any atom is -0.463 e. The van der Waals surface area contributed by atoms with Crippen molar-refractivity contribution in [3.05, 3.63) is 11.6 Å². The van der Waals surface area contributed by atoms with E-state index in [-0.39, 0.29) is 16.9 Å². The molecular weight excluding hydrogens is 226 g/mol. The van der Waals surface area contributed by atoms with E-state index in [4.69, 9.17) is 4.74 Å². The summed E-state index contributed by atoms with van der Waals surface area (Å²) >= 11 is 0. The molecule has 1 aliphatic rings. The molecule has 0 aromatic rings. The second kappa shape index (κ2) is 5.43. The van der Waals surface area contributed by atoms with E-state index in [1.807, 2.05) is 6.92 Å². The van der Waals surface area contributed by atoms with Crippen molar-refractivity contribution in [2.45, 2.75) is 53.5 Å². The first-order chi connectivity index (χ1) is 8.16. The van der Waals surface area contributed by atoms with Crippen LogP contribution in [0, 0.1) is 5.41 Å². The lowest BCUT2D eigenvalue weighted by Gasteiger charge is -2.46. The van der Waals surface area contributed by atoms with Crippen molar-refractivity contribution in [3.63, 3.8) is 0 Å². The van der Waals surface area contributed by atoms with E-state index >= 15 is 0 Å². The Morgan fingerprint density at radius 3 is 2.50 bits per heavy atom. The Hall–Kier alpha value is -0.830. The van der Waals surface area contributed by atoms with Gasteiger partial charge in [-0.2, -0.15) is 0 Å². The van der Waals surface area contributed by atoms with Gasteiger partial charge in [0.25, 0.3) is 0 Å². The third-order valence-electron chi connectivity index (χ3n) is 3.63. The molecule has 0 aliphatic carbocycles. The van der Waals surface area contributed by atoms with Crippen LogP contribution in [0.25, 0.3) is 0 Å². The number of rotatable bonds is 2. The fourth-order valence-corrected chi connectivity index (χ4v) is 2.42. The molecule has 1 heterocycles. The maximum atomic E-state index is 11.6. The summed E-state index contributed by atoms with van der Waals surface area (Å²) < 4.78 is 5.00. The van der Waals surface area contributed by atoms with Crippen LogP contribution in [0.3, 0.4) is 0 Å². The maximum Gasteiger partial charge on any atom is 0.330 e. The van der Waals surface area contributed by atoms with Crippen LogP contribution in [0.5, 0.6) is 0 Å². The number of hydrogen-bond donors (Lipinski definition) is 0. The van der Waals surface area contributed by atoms with Crippen molar-refractivity contribution in [3.8, 4) is 0 Å². The Labute approximate surface area is 111 Å². The zero-order chi connectivity index (χ0) is 14.0. The highest BCUT2D eigenvalue weighted by atomic mass is 16.5. The Kier molecular flexibility index (Phi) is 4.60. The topological polar surface area (TPSA) is 29.5 Å². The molecule has 18 heavy (non-hydrogen) atoms. The highest BCUT2D eigenvalue weighted by Crippen LogP contribution is 2.36. The highest BCUT2D eigenvalue weighted by Gasteiger charge is 2.35. The lowest BCUT2D eigenvalue weighted by molar-refractivity contribution is -0.137. The molecule has 3 nitrogen and oxygen atoms in total. The largest absolute Gasteiger partial charge is 0.463 e. The minimum atomic E-state index is -0.204. The predicted molar refractivity (Wildman–Crippen MR) is 74.4 cm³/mol. The monoisotopic (exact) mass is 253 g/mol. The summed E-state index contributed by atoms with van der Waals surface area (Å²) in [4.78, 5) is 14.0. The average molecular weight is 253 g/mol. The number of nitrogens with zero attached hydrogens (tertiary/aromatic N) is 1. The first-order valence-corrected chi connectivity index (χ1v) is 6.79. The van der Waals surface area contributed by atoms with Crippen LogP contribution >= 0.6 is 0 Å². The summed E-state index contributed by atoms with van der Waals surface area (Å²) in [7, 11) is 0. The molecule has 1 fully saturated rings. The van der Waals surface area contributed by atoms with E-state index in [1.54, 1.807) is 6.08 Å². The molecule has 1 rings (SSSR count). The van der Waals surface area contributed by atoms with Gasteiger partial charge in [0.2, 0.25) is 0 Å². The second-order valence-electron chi connectivity index (χ2n) is 6.65. The van der Waals surface area contributed by atoms with Crippen molar-refractivity contribution in [2.75, 3.05) is 19.7 Å². The number of likely N-dealkylation sites (tertiary alicyclic amines) is 1. The molecule has 0 spiro atoms. The van der Waals surface area contributed by atoms with Gasteiger partial charge >= 0.3 is 5.97 Å². The van der Waals surface area contributed by atoms with Gasteiger partial charge in [0.05, 0.1) is 6.61 Å². The van der Waals surface area contributed by atoms with Crippen molar-refractivity contribution in [2.24, 2.45) is 5.41 Å². The smallest absolute Gasteiger partial charge is 0.330 e. The number of ether oxygens (including phenoxy) is 1. The summed E-state index contributed by atoms with van der Waals surface area (Å²) in [5.74, 6) is -0.204. The third kappa shape index (κ3) is 3.84. The molecular formula is C15H27NO2. The van der Waals surface area contributed by atoms with E-state index in [9.17, 15) is 4.79 Å². The maximum absolute atomic E-state index is 11.6. The molecule has 0 unspecified atom stereocenters. The minimum absolute atomic E-state index is 0.0400. The Bertz CT molecular complexity index is 337. The van der Waals surface area contributed by atoms with Gasteiger partial charge in [0, 0.05) is 24.7 Å². The normalized spacial score (nSPS) is 23.1. The molecule has 0 aromatic heterocycles. The van der Waals surface area contributed by atoms with Gasteiger partial charge in [0.15, 0.2) is 0 Å². The average Bonchev–Trinajstić information content (AvgIpc) is 2.19. The summed E-state index contributed by atoms with van der Waals surface area (Å²) in [6.07, 6.45) is 2.65. The van der Waals surface area contributed by atoms with E-state index in [1.165, 1.54) is 5.57 Å². The Morgan fingerprint density at radius 2 is 2.06 bits per heavy atom. The van der Waals surface area contributed by atoms with Gasteiger partial charge < -0.3 is 4.74 Å². The van der Waals surface area contributed by atoms with Gasteiger partial charge in [-0.05, 0) is 39.5 Å². The molecule has 1 saturated heterocycles. The van der Waals surface area contributed by atoms with E-state index in [2.05, 4.69) is 39.5 Å². The first-order valence-electron chi connectivity index (χ1n) is 6.79. The predicted octanol–water partition coefficient (Wildman–Crippen LogP) is 3.01. The van der Waals surface area contributed by atoms with E-state index in [0.29, 0.717) is 6.61 Å². The van der Waals surface area contributed by atoms with Crippen LogP contribution in [0.4, 0.5) is 0 Å². The lowest BCUT2D eigenvalue weighted by Crippen LogP contribution is -2.50. The summed E-state index contributed by atoms with van der Waals surface area (Å²) in [5, 5.41) is 0. The zero-order valence-electron chi connectivity index (χ0n) is 12.7. The summed E-state index contributed by atoms with van der Waals surface area (Å²) in [5.41, 5.74) is 1.44. The van der Waals surface area contributed by atoms with Crippen LogP contribution in [0.1, 0.15) is 48.0 Å². The van der Waals surface area contributed by atoms with Crippen LogP contribution in [0.2, 0.25) is 0 Å². The number of hydrogen-bond acceptors (Lipinski definition) is 3. The molecule has 3 heteroatoms. The summed E-state index contributed by atoms with van der Waals surface area (Å²) in [6.45, 7) is 15.4. The lowest BCUT2D eigenvalue weighted by atomic mass is 9.77. The van der Waals surface area contributed by atoms with Gasteiger partial charge in [-0.15, -0.1) is 0 Å². The van der Waals surface area contributed by atoms with E-state index in [0.717, 1.165) is 19.5 Å². The first kappa shape index (κ1) is 15.2. The fourth-order valence-electron chi connectivity index (χ4n) is 2.42. The Morgan fingerprint density at radius 1 is 1.44 bits per heavy atom. The van der Waals surface area contributed by atoms with Crippen molar-refractivity contribution in [1.82, 2.24) is 4.90 Å². The fraction of sp³-hybridized carbons (Fsp3) is 0.800. The van der Waals surface area contributed by atoms with Gasteiger partial charge in [-0.1, -0.05) is 19.4 Å². The molecule has 0 bridgehead atoms. The zero-order valence-corrected chi connectivity index (χ0v) is 12.7. The molecule has 0 N–H and O–H groups in total. The Balaban J connectivity index is 2.80. The molecule has 104 valence electrons. The van der Waals surface area contributed by atoms with Gasteiger partial charge in [-0.25, -0.2) is 4.79 Å². The van der Waals surface area contributed by atoms with Gasteiger partial charge in [-0.3, -0.25) is 4.90 Å².